The maximum Gasteiger partial charge on any atom is 0.263 e. The quantitative estimate of drug-likeness (QED) is 0.825. The predicted molar refractivity (Wildman–Crippen MR) is 77.8 cm³/mol. The van der Waals surface area contributed by atoms with E-state index in [1.54, 1.807) is 12.1 Å². The molecule has 2 rings (SSSR count). The van der Waals surface area contributed by atoms with Gasteiger partial charge < -0.3 is 5.73 Å². The zero-order valence-electron chi connectivity index (χ0n) is 12.2. The Hall–Kier alpha value is -1.00. The number of hydrogen-bond donors (Lipinski definition) is 1. The Bertz CT molecular complexity index is 413. The molecule has 0 aliphatic heterocycles. The van der Waals surface area contributed by atoms with Crippen LogP contribution < -0.4 is 5.73 Å². The summed E-state index contributed by atoms with van der Waals surface area (Å²) in [6.07, 6.45) is 0.0343. The van der Waals surface area contributed by atoms with Gasteiger partial charge in [0.05, 0.1) is 0 Å². The molecule has 0 spiro atoms. The third-order valence-corrected chi connectivity index (χ3v) is 3.79. The SMILES string of the molecule is CC(C)CN(C1CC1)C(CN)c1ccc(C(F)F)cc1. The highest BCUT2D eigenvalue weighted by molar-refractivity contribution is 5.26. The zero-order valence-corrected chi connectivity index (χ0v) is 12.2. The minimum Gasteiger partial charge on any atom is -0.329 e. The van der Waals surface area contributed by atoms with Gasteiger partial charge in [-0.15, -0.1) is 0 Å². The van der Waals surface area contributed by atoms with E-state index in [0.29, 0.717) is 18.5 Å². The molecule has 112 valence electrons. The third kappa shape index (κ3) is 3.76. The van der Waals surface area contributed by atoms with E-state index in [9.17, 15) is 8.78 Å². The van der Waals surface area contributed by atoms with Crippen molar-refractivity contribution in [2.45, 2.75) is 45.2 Å². The number of benzene rings is 1. The summed E-state index contributed by atoms with van der Waals surface area (Å²) >= 11 is 0. The van der Waals surface area contributed by atoms with Crippen LogP contribution in [0.1, 0.15) is 50.3 Å². The highest BCUT2D eigenvalue weighted by Gasteiger charge is 2.34. The van der Waals surface area contributed by atoms with Crippen LogP contribution in [0.2, 0.25) is 0 Å². The van der Waals surface area contributed by atoms with Gasteiger partial charge in [-0.1, -0.05) is 38.1 Å². The second kappa shape index (κ2) is 6.64. The van der Waals surface area contributed by atoms with Crippen molar-refractivity contribution in [2.75, 3.05) is 13.1 Å². The van der Waals surface area contributed by atoms with E-state index in [4.69, 9.17) is 5.73 Å². The van der Waals surface area contributed by atoms with Crippen LogP contribution in [0, 0.1) is 5.92 Å². The Kier molecular flexibility index (Phi) is 5.11. The van der Waals surface area contributed by atoms with Crippen molar-refractivity contribution >= 4 is 0 Å². The average molecular weight is 282 g/mol. The van der Waals surface area contributed by atoms with Crippen LogP contribution in [0.5, 0.6) is 0 Å². The number of halogens is 2. The van der Waals surface area contributed by atoms with Gasteiger partial charge in [0.2, 0.25) is 0 Å². The van der Waals surface area contributed by atoms with Gasteiger partial charge in [0.25, 0.3) is 6.43 Å². The highest BCUT2D eigenvalue weighted by Crippen LogP contribution is 2.35. The molecule has 0 radical (unpaired) electrons. The Morgan fingerprint density at radius 2 is 1.70 bits per heavy atom. The number of alkyl halides is 2. The minimum absolute atomic E-state index is 0.0753. The van der Waals surface area contributed by atoms with Gasteiger partial charge >= 0.3 is 0 Å². The molecule has 1 aliphatic carbocycles. The predicted octanol–water partition coefficient (Wildman–Crippen LogP) is 3.74. The Morgan fingerprint density at radius 1 is 1.15 bits per heavy atom. The summed E-state index contributed by atoms with van der Waals surface area (Å²) in [7, 11) is 0. The van der Waals surface area contributed by atoms with E-state index in [-0.39, 0.29) is 11.6 Å². The monoisotopic (exact) mass is 282 g/mol. The summed E-state index contributed by atoms with van der Waals surface area (Å²) < 4.78 is 25.2. The number of nitrogens with two attached hydrogens (primary N) is 1. The van der Waals surface area contributed by atoms with E-state index in [0.717, 1.165) is 12.1 Å². The number of hydrogen-bond acceptors (Lipinski definition) is 2. The Labute approximate surface area is 120 Å². The fraction of sp³-hybridized carbons (Fsp3) is 0.625. The van der Waals surface area contributed by atoms with Gasteiger partial charge in [-0.2, -0.15) is 0 Å². The molecule has 0 aromatic heterocycles. The normalized spacial score (nSPS) is 17.2. The summed E-state index contributed by atoms with van der Waals surface area (Å²) in [5.74, 6) is 0.574. The Morgan fingerprint density at radius 3 is 2.10 bits per heavy atom. The lowest BCUT2D eigenvalue weighted by Gasteiger charge is -2.33. The molecule has 0 heterocycles. The second-order valence-corrected chi connectivity index (χ2v) is 6.04. The van der Waals surface area contributed by atoms with Crippen LogP contribution >= 0.6 is 0 Å². The van der Waals surface area contributed by atoms with Gasteiger partial charge in [0.15, 0.2) is 0 Å². The van der Waals surface area contributed by atoms with Crippen molar-refractivity contribution < 1.29 is 8.78 Å². The molecule has 0 amide bonds. The lowest BCUT2D eigenvalue weighted by Crippen LogP contribution is -2.38. The van der Waals surface area contributed by atoms with Crippen molar-refractivity contribution in [3.63, 3.8) is 0 Å². The van der Waals surface area contributed by atoms with E-state index < -0.39 is 6.43 Å². The van der Waals surface area contributed by atoms with Crippen LogP contribution in [0.25, 0.3) is 0 Å². The van der Waals surface area contributed by atoms with Crippen LogP contribution in [-0.2, 0) is 0 Å². The second-order valence-electron chi connectivity index (χ2n) is 6.04. The van der Waals surface area contributed by atoms with E-state index in [1.807, 2.05) is 0 Å². The maximum atomic E-state index is 12.6. The minimum atomic E-state index is -2.41. The van der Waals surface area contributed by atoms with Crippen molar-refractivity contribution in [2.24, 2.45) is 11.7 Å². The largest absolute Gasteiger partial charge is 0.329 e. The molecular formula is C16H24F2N2. The van der Waals surface area contributed by atoms with Gasteiger partial charge in [0.1, 0.15) is 0 Å². The molecule has 1 saturated carbocycles. The molecule has 20 heavy (non-hydrogen) atoms. The summed E-state index contributed by atoms with van der Waals surface area (Å²) in [6.45, 7) is 5.92. The van der Waals surface area contributed by atoms with Crippen molar-refractivity contribution in [3.05, 3.63) is 35.4 Å². The number of nitrogens with zero attached hydrogens (tertiary/aromatic N) is 1. The molecule has 1 unspecified atom stereocenters. The molecule has 2 nitrogen and oxygen atoms in total. The first-order chi connectivity index (χ1) is 9.52. The first-order valence-corrected chi connectivity index (χ1v) is 7.36. The molecule has 0 saturated heterocycles. The lowest BCUT2D eigenvalue weighted by molar-refractivity contribution is 0.151. The highest BCUT2D eigenvalue weighted by atomic mass is 19.3. The van der Waals surface area contributed by atoms with Crippen molar-refractivity contribution in [1.29, 1.82) is 0 Å². The van der Waals surface area contributed by atoms with Crippen LogP contribution in [0.4, 0.5) is 8.78 Å². The molecule has 1 fully saturated rings. The standard InChI is InChI=1S/C16H24F2N2/c1-11(2)10-20(14-7-8-14)15(9-19)12-3-5-13(6-4-12)16(17)18/h3-6,11,14-16H,7-10,19H2,1-2H3. The smallest absolute Gasteiger partial charge is 0.263 e. The number of rotatable bonds is 7. The lowest BCUT2D eigenvalue weighted by atomic mass is 10.0. The third-order valence-electron chi connectivity index (χ3n) is 3.79. The van der Waals surface area contributed by atoms with E-state index in [2.05, 4.69) is 18.7 Å². The maximum absolute atomic E-state index is 12.6. The average Bonchev–Trinajstić information content (AvgIpc) is 3.23. The summed E-state index contributed by atoms with van der Waals surface area (Å²) in [5, 5.41) is 0. The zero-order chi connectivity index (χ0) is 14.7. The fourth-order valence-corrected chi connectivity index (χ4v) is 2.69. The topological polar surface area (TPSA) is 29.3 Å². The van der Waals surface area contributed by atoms with Gasteiger partial charge in [-0.25, -0.2) is 8.78 Å². The summed E-state index contributed by atoms with van der Waals surface area (Å²) in [6, 6.07) is 7.38. The van der Waals surface area contributed by atoms with Gasteiger partial charge in [-0.3, -0.25) is 4.90 Å². The first kappa shape index (κ1) is 15.4. The van der Waals surface area contributed by atoms with Gasteiger partial charge in [0, 0.05) is 30.7 Å². The molecule has 1 atom stereocenters. The first-order valence-electron chi connectivity index (χ1n) is 7.36. The van der Waals surface area contributed by atoms with Gasteiger partial charge in [-0.05, 0) is 24.3 Å². The van der Waals surface area contributed by atoms with Crippen LogP contribution in [-0.4, -0.2) is 24.0 Å². The van der Waals surface area contributed by atoms with Crippen molar-refractivity contribution in [1.82, 2.24) is 4.90 Å². The molecule has 1 aromatic carbocycles. The molecule has 2 N–H and O–H groups in total. The molecule has 1 aliphatic rings. The Balaban J connectivity index is 2.16. The van der Waals surface area contributed by atoms with E-state index in [1.165, 1.54) is 25.0 Å². The molecule has 4 heteroatoms. The molecule has 1 aromatic rings. The summed E-state index contributed by atoms with van der Waals surface area (Å²) in [5.41, 5.74) is 7.08. The fourth-order valence-electron chi connectivity index (χ4n) is 2.69. The molecular weight excluding hydrogens is 258 g/mol. The molecule has 0 bridgehead atoms. The van der Waals surface area contributed by atoms with E-state index >= 15 is 0 Å². The van der Waals surface area contributed by atoms with Crippen molar-refractivity contribution in [3.8, 4) is 0 Å². The van der Waals surface area contributed by atoms with Crippen LogP contribution in [0.3, 0.4) is 0 Å². The summed E-state index contributed by atoms with van der Waals surface area (Å²) in [4.78, 5) is 2.45. The van der Waals surface area contributed by atoms with Crippen LogP contribution in [0.15, 0.2) is 24.3 Å².